The minimum atomic E-state index is -0.417. The summed E-state index contributed by atoms with van der Waals surface area (Å²) in [7, 11) is 0. The molecule has 1 saturated heterocycles. The molecule has 1 fully saturated rings. The molecule has 1 N–H and O–H groups in total. The van der Waals surface area contributed by atoms with Crippen LogP contribution in [0, 0.1) is 0 Å². The summed E-state index contributed by atoms with van der Waals surface area (Å²) in [6, 6.07) is 10.2. The van der Waals surface area contributed by atoms with Crippen LogP contribution in [0.5, 0.6) is 0 Å². The Morgan fingerprint density at radius 3 is 2.90 bits per heavy atom. The first-order valence-corrected chi connectivity index (χ1v) is 7.79. The molecule has 21 heavy (non-hydrogen) atoms. The topological polar surface area (TPSA) is 49.8 Å². The molecule has 0 saturated carbocycles. The van der Waals surface area contributed by atoms with Crippen molar-refractivity contribution in [2.45, 2.75) is 51.4 Å². The lowest BCUT2D eigenvalue weighted by Crippen LogP contribution is -2.42. The maximum absolute atomic E-state index is 12.5. The highest BCUT2D eigenvalue weighted by Gasteiger charge is 2.31. The molecule has 4 nitrogen and oxygen atoms in total. The Balaban J connectivity index is 1.83. The SMILES string of the molecule is CC(OCc1ccccc1)C(=O)N1CCCC1CCCO. The van der Waals surface area contributed by atoms with Crippen molar-refractivity contribution in [3.63, 3.8) is 0 Å². The molecule has 1 aromatic rings. The molecule has 0 bridgehead atoms. The number of aliphatic hydroxyl groups is 1. The van der Waals surface area contributed by atoms with Crippen LogP contribution in [0.15, 0.2) is 30.3 Å². The van der Waals surface area contributed by atoms with Gasteiger partial charge >= 0.3 is 0 Å². The van der Waals surface area contributed by atoms with E-state index in [-0.39, 0.29) is 18.6 Å². The number of hydrogen-bond donors (Lipinski definition) is 1. The second-order valence-electron chi connectivity index (χ2n) is 5.63. The van der Waals surface area contributed by atoms with E-state index in [9.17, 15) is 4.79 Å². The van der Waals surface area contributed by atoms with Crippen LogP contribution in [0.3, 0.4) is 0 Å². The lowest BCUT2D eigenvalue weighted by molar-refractivity contribution is -0.144. The number of hydrogen-bond acceptors (Lipinski definition) is 3. The van der Waals surface area contributed by atoms with Gasteiger partial charge in [-0.2, -0.15) is 0 Å². The Labute approximate surface area is 126 Å². The third-order valence-electron chi connectivity index (χ3n) is 4.05. The zero-order valence-corrected chi connectivity index (χ0v) is 12.7. The molecule has 0 aliphatic carbocycles. The fourth-order valence-corrected chi connectivity index (χ4v) is 2.85. The lowest BCUT2D eigenvalue weighted by atomic mass is 10.1. The minimum Gasteiger partial charge on any atom is -0.396 e. The number of rotatable bonds is 7. The van der Waals surface area contributed by atoms with E-state index in [1.807, 2.05) is 42.2 Å². The van der Waals surface area contributed by atoms with Crippen LogP contribution in [-0.2, 0) is 16.1 Å². The second-order valence-corrected chi connectivity index (χ2v) is 5.63. The van der Waals surface area contributed by atoms with Crippen molar-refractivity contribution in [1.82, 2.24) is 4.90 Å². The molecule has 1 heterocycles. The average molecular weight is 291 g/mol. The monoisotopic (exact) mass is 291 g/mol. The Kier molecular flexibility index (Phi) is 6.21. The molecule has 1 aliphatic rings. The first kappa shape index (κ1) is 16.0. The van der Waals surface area contributed by atoms with Crippen molar-refractivity contribution in [2.75, 3.05) is 13.2 Å². The number of benzene rings is 1. The van der Waals surface area contributed by atoms with Crippen molar-refractivity contribution in [1.29, 1.82) is 0 Å². The second kappa shape index (κ2) is 8.15. The Morgan fingerprint density at radius 1 is 1.43 bits per heavy atom. The standard InChI is InChI=1S/C17H25NO3/c1-14(21-13-15-7-3-2-4-8-15)17(20)18-11-5-9-16(18)10-6-12-19/h2-4,7-8,14,16,19H,5-6,9-13H2,1H3. The van der Waals surface area contributed by atoms with Crippen LogP contribution in [0.2, 0.25) is 0 Å². The van der Waals surface area contributed by atoms with Gasteiger partial charge in [-0.15, -0.1) is 0 Å². The zero-order valence-electron chi connectivity index (χ0n) is 12.7. The number of likely N-dealkylation sites (tertiary alicyclic amines) is 1. The highest BCUT2D eigenvalue weighted by molar-refractivity contribution is 5.81. The van der Waals surface area contributed by atoms with E-state index in [1.54, 1.807) is 0 Å². The van der Waals surface area contributed by atoms with Gasteiger partial charge in [-0.25, -0.2) is 0 Å². The van der Waals surface area contributed by atoms with Crippen LogP contribution in [0.1, 0.15) is 38.2 Å². The number of ether oxygens (including phenoxy) is 1. The predicted molar refractivity (Wildman–Crippen MR) is 81.7 cm³/mol. The van der Waals surface area contributed by atoms with Crippen LogP contribution >= 0.6 is 0 Å². The van der Waals surface area contributed by atoms with Crippen LogP contribution < -0.4 is 0 Å². The van der Waals surface area contributed by atoms with Gasteiger partial charge in [-0.3, -0.25) is 4.79 Å². The van der Waals surface area contributed by atoms with Crippen LogP contribution in [0.4, 0.5) is 0 Å². The molecule has 4 heteroatoms. The number of carbonyl (C=O) groups excluding carboxylic acids is 1. The molecule has 0 spiro atoms. The maximum atomic E-state index is 12.5. The molecule has 2 unspecified atom stereocenters. The van der Waals surface area contributed by atoms with Gasteiger partial charge in [0.15, 0.2) is 0 Å². The highest BCUT2D eigenvalue weighted by atomic mass is 16.5. The summed E-state index contributed by atoms with van der Waals surface area (Å²) >= 11 is 0. The van der Waals surface area contributed by atoms with Gasteiger partial charge in [-0.05, 0) is 38.2 Å². The first-order chi connectivity index (χ1) is 10.2. The van der Waals surface area contributed by atoms with Crippen molar-refractivity contribution in [2.24, 2.45) is 0 Å². The summed E-state index contributed by atoms with van der Waals surface area (Å²) in [6.45, 7) is 3.29. The van der Waals surface area contributed by atoms with Gasteiger partial charge in [0, 0.05) is 19.2 Å². The van der Waals surface area contributed by atoms with Gasteiger partial charge < -0.3 is 14.7 Å². The van der Waals surface area contributed by atoms with Crippen molar-refractivity contribution in [3.05, 3.63) is 35.9 Å². The van der Waals surface area contributed by atoms with E-state index in [1.165, 1.54) is 0 Å². The fourth-order valence-electron chi connectivity index (χ4n) is 2.85. The van der Waals surface area contributed by atoms with Gasteiger partial charge in [0.25, 0.3) is 5.91 Å². The molecular formula is C17H25NO3. The summed E-state index contributed by atoms with van der Waals surface area (Å²) in [5.41, 5.74) is 1.08. The summed E-state index contributed by atoms with van der Waals surface area (Å²) in [6.07, 6.45) is 3.31. The molecule has 0 aromatic heterocycles. The van der Waals surface area contributed by atoms with E-state index in [2.05, 4.69) is 0 Å². The van der Waals surface area contributed by atoms with Crippen LogP contribution in [-0.4, -0.2) is 41.2 Å². The number of amides is 1. The minimum absolute atomic E-state index is 0.0753. The maximum Gasteiger partial charge on any atom is 0.251 e. The summed E-state index contributed by atoms with van der Waals surface area (Å²) in [5.74, 6) is 0.0753. The highest BCUT2D eigenvalue weighted by Crippen LogP contribution is 2.22. The third-order valence-corrected chi connectivity index (χ3v) is 4.05. The Morgan fingerprint density at radius 2 is 2.19 bits per heavy atom. The summed E-state index contributed by atoms with van der Waals surface area (Å²) < 4.78 is 5.71. The average Bonchev–Trinajstić information content (AvgIpc) is 2.99. The molecule has 2 rings (SSSR count). The largest absolute Gasteiger partial charge is 0.396 e. The van der Waals surface area contributed by atoms with Gasteiger partial charge in [0.05, 0.1) is 6.61 Å². The molecule has 0 radical (unpaired) electrons. The van der Waals surface area contributed by atoms with Gasteiger partial charge in [-0.1, -0.05) is 30.3 Å². The van der Waals surface area contributed by atoms with E-state index in [0.29, 0.717) is 6.61 Å². The van der Waals surface area contributed by atoms with Crippen molar-refractivity contribution in [3.8, 4) is 0 Å². The van der Waals surface area contributed by atoms with Crippen LogP contribution in [0.25, 0.3) is 0 Å². The predicted octanol–water partition coefficient (Wildman–Crippen LogP) is 2.36. The fraction of sp³-hybridized carbons (Fsp3) is 0.588. The number of nitrogens with zero attached hydrogens (tertiary/aromatic N) is 1. The van der Waals surface area contributed by atoms with E-state index in [0.717, 1.165) is 37.8 Å². The van der Waals surface area contributed by atoms with Crippen molar-refractivity contribution >= 4 is 5.91 Å². The third kappa shape index (κ3) is 4.55. The normalized spacial score (nSPS) is 19.7. The van der Waals surface area contributed by atoms with E-state index < -0.39 is 6.10 Å². The Hall–Kier alpha value is -1.39. The van der Waals surface area contributed by atoms with Gasteiger partial charge in [0.2, 0.25) is 0 Å². The van der Waals surface area contributed by atoms with E-state index >= 15 is 0 Å². The lowest BCUT2D eigenvalue weighted by Gasteiger charge is -2.27. The number of aliphatic hydroxyl groups excluding tert-OH is 1. The first-order valence-electron chi connectivity index (χ1n) is 7.79. The molecule has 1 aromatic carbocycles. The molecule has 1 amide bonds. The number of carbonyl (C=O) groups is 1. The molecule has 116 valence electrons. The quantitative estimate of drug-likeness (QED) is 0.839. The molecule has 1 aliphatic heterocycles. The molecular weight excluding hydrogens is 266 g/mol. The van der Waals surface area contributed by atoms with Crippen molar-refractivity contribution < 1.29 is 14.6 Å². The van der Waals surface area contributed by atoms with Gasteiger partial charge in [0.1, 0.15) is 6.10 Å². The summed E-state index contributed by atoms with van der Waals surface area (Å²) in [5, 5.41) is 8.94. The Bertz CT molecular complexity index is 435. The zero-order chi connectivity index (χ0) is 15.1. The smallest absolute Gasteiger partial charge is 0.251 e. The van der Waals surface area contributed by atoms with E-state index in [4.69, 9.17) is 9.84 Å². The summed E-state index contributed by atoms with van der Waals surface area (Å²) in [4.78, 5) is 14.4. The molecule has 2 atom stereocenters.